The number of nitrogens with zero attached hydrogens (tertiary/aromatic N) is 1. The molecule has 1 aliphatic rings. The largest absolute Gasteiger partial charge is 0.352 e. The Balaban J connectivity index is 1.68. The molecule has 0 spiro atoms. The highest BCUT2D eigenvalue weighted by atomic mass is 79.9. The lowest BCUT2D eigenvalue weighted by atomic mass is 9.86. The van der Waals surface area contributed by atoms with Crippen LogP contribution in [0.25, 0.3) is 10.9 Å². The lowest BCUT2D eigenvalue weighted by Crippen LogP contribution is -2.42. The first-order chi connectivity index (χ1) is 10.1. The first-order valence-corrected chi connectivity index (χ1v) is 8.46. The highest BCUT2D eigenvalue weighted by Crippen LogP contribution is 2.24. The van der Waals surface area contributed by atoms with E-state index in [0.29, 0.717) is 18.5 Å². The van der Waals surface area contributed by atoms with Crippen molar-refractivity contribution >= 4 is 32.7 Å². The second-order valence-corrected chi connectivity index (χ2v) is 7.00. The molecule has 2 aromatic rings. The van der Waals surface area contributed by atoms with Gasteiger partial charge in [0.25, 0.3) is 0 Å². The normalized spacial score (nSPS) is 22.4. The average Bonchev–Trinajstić information content (AvgIpc) is 2.83. The lowest BCUT2D eigenvalue weighted by molar-refractivity contribution is -0.122. The summed E-state index contributed by atoms with van der Waals surface area (Å²) in [6.07, 6.45) is 6.86. The summed E-state index contributed by atoms with van der Waals surface area (Å²) >= 11 is 3.48. The molecule has 1 aromatic heterocycles. The molecule has 1 saturated carbocycles. The number of hydrogen-bond donors (Lipinski definition) is 1. The molecular weight excluding hydrogens is 328 g/mol. The number of amides is 1. The molecule has 3 nitrogen and oxygen atoms in total. The number of carbonyl (C=O) groups excluding carboxylic acids is 1. The zero-order valence-corrected chi connectivity index (χ0v) is 13.9. The summed E-state index contributed by atoms with van der Waals surface area (Å²) in [4.78, 5) is 12.3. The van der Waals surface area contributed by atoms with Gasteiger partial charge < -0.3 is 9.88 Å². The van der Waals surface area contributed by atoms with Crippen LogP contribution in [0.1, 0.15) is 32.6 Å². The van der Waals surface area contributed by atoms with E-state index in [1.165, 1.54) is 19.3 Å². The van der Waals surface area contributed by atoms with Crippen LogP contribution in [0.3, 0.4) is 0 Å². The minimum atomic E-state index is 0.120. The van der Waals surface area contributed by atoms with E-state index in [4.69, 9.17) is 0 Å². The Morgan fingerprint density at radius 3 is 2.95 bits per heavy atom. The van der Waals surface area contributed by atoms with E-state index in [1.54, 1.807) is 0 Å². The van der Waals surface area contributed by atoms with Gasteiger partial charge in [-0.25, -0.2) is 0 Å². The van der Waals surface area contributed by atoms with Gasteiger partial charge in [0, 0.05) is 27.6 Å². The van der Waals surface area contributed by atoms with E-state index in [2.05, 4.69) is 46.4 Å². The van der Waals surface area contributed by atoms with Gasteiger partial charge in [0.1, 0.15) is 6.54 Å². The zero-order valence-electron chi connectivity index (χ0n) is 12.3. The number of halogens is 1. The van der Waals surface area contributed by atoms with E-state index in [-0.39, 0.29) is 5.91 Å². The summed E-state index contributed by atoms with van der Waals surface area (Å²) in [6, 6.07) is 8.54. The van der Waals surface area contributed by atoms with Gasteiger partial charge in [0.2, 0.25) is 5.91 Å². The molecule has 1 heterocycles. The van der Waals surface area contributed by atoms with Crippen LogP contribution in [-0.2, 0) is 11.3 Å². The van der Waals surface area contributed by atoms with E-state index >= 15 is 0 Å². The summed E-state index contributed by atoms with van der Waals surface area (Å²) in [7, 11) is 0. The van der Waals surface area contributed by atoms with Crippen LogP contribution in [0, 0.1) is 5.92 Å². The van der Waals surface area contributed by atoms with E-state index in [1.807, 2.05) is 16.8 Å². The van der Waals surface area contributed by atoms with Gasteiger partial charge in [0.15, 0.2) is 0 Å². The van der Waals surface area contributed by atoms with E-state index < -0.39 is 0 Å². The summed E-state index contributed by atoms with van der Waals surface area (Å²) < 4.78 is 3.08. The highest BCUT2D eigenvalue weighted by Gasteiger charge is 2.22. The monoisotopic (exact) mass is 348 g/mol. The molecule has 0 radical (unpaired) electrons. The Bertz CT molecular complexity index is 649. The highest BCUT2D eigenvalue weighted by molar-refractivity contribution is 9.10. The van der Waals surface area contributed by atoms with Crippen LogP contribution in [0.2, 0.25) is 0 Å². The van der Waals surface area contributed by atoms with Crippen LogP contribution >= 0.6 is 15.9 Å². The first-order valence-electron chi connectivity index (χ1n) is 7.67. The third-order valence-corrected chi connectivity index (χ3v) is 5.00. The van der Waals surface area contributed by atoms with Crippen molar-refractivity contribution in [2.45, 2.75) is 45.2 Å². The van der Waals surface area contributed by atoms with Crippen LogP contribution in [0.4, 0.5) is 0 Å². The van der Waals surface area contributed by atoms with E-state index in [0.717, 1.165) is 21.8 Å². The summed E-state index contributed by atoms with van der Waals surface area (Å²) in [5, 5.41) is 4.37. The smallest absolute Gasteiger partial charge is 0.240 e. The maximum absolute atomic E-state index is 12.3. The van der Waals surface area contributed by atoms with Crippen LogP contribution < -0.4 is 5.32 Å². The summed E-state index contributed by atoms with van der Waals surface area (Å²) in [6.45, 7) is 2.64. The Morgan fingerprint density at radius 2 is 2.14 bits per heavy atom. The predicted molar refractivity (Wildman–Crippen MR) is 89.2 cm³/mol. The van der Waals surface area contributed by atoms with Gasteiger partial charge in [-0.2, -0.15) is 0 Å². The molecule has 1 amide bonds. The van der Waals surface area contributed by atoms with Crippen molar-refractivity contribution in [1.29, 1.82) is 0 Å². The second-order valence-electron chi connectivity index (χ2n) is 6.08. The number of fused-ring (bicyclic) bond motifs is 1. The second kappa shape index (κ2) is 6.22. The van der Waals surface area contributed by atoms with Gasteiger partial charge in [0.05, 0.1) is 0 Å². The van der Waals surface area contributed by atoms with Crippen LogP contribution in [-0.4, -0.2) is 16.5 Å². The topological polar surface area (TPSA) is 34.0 Å². The molecule has 3 rings (SSSR count). The fourth-order valence-corrected chi connectivity index (χ4v) is 3.63. The fraction of sp³-hybridized carbons (Fsp3) is 0.471. The Kier molecular flexibility index (Phi) is 4.34. The van der Waals surface area contributed by atoms with Crippen molar-refractivity contribution in [2.24, 2.45) is 5.92 Å². The molecule has 0 saturated heterocycles. The molecule has 1 aromatic carbocycles. The Hall–Kier alpha value is -1.29. The van der Waals surface area contributed by atoms with Crippen molar-refractivity contribution < 1.29 is 4.79 Å². The van der Waals surface area contributed by atoms with E-state index in [9.17, 15) is 4.79 Å². The van der Waals surface area contributed by atoms with Crippen molar-refractivity contribution in [1.82, 2.24) is 9.88 Å². The summed E-state index contributed by atoms with van der Waals surface area (Å²) in [5.41, 5.74) is 1.10. The lowest BCUT2D eigenvalue weighted by Gasteiger charge is -2.29. The molecule has 1 fully saturated rings. The predicted octanol–water partition coefficient (Wildman–Crippen LogP) is 4.10. The molecule has 2 atom stereocenters. The van der Waals surface area contributed by atoms with Gasteiger partial charge in [-0.05, 0) is 43.0 Å². The molecule has 0 bridgehead atoms. The number of hydrogen-bond acceptors (Lipinski definition) is 1. The van der Waals surface area contributed by atoms with Crippen molar-refractivity contribution in [3.63, 3.8) is 0 Å². The van der Waals surface area contributed by atoms with Crippen LogP contribution in [0.5, 0.6) is 0 Å². The minimum absolute atomic E-state index is 0.120. The standard InChI is InChI=1S/C17H21BrN2O/c1-12-4-2-3-5-15(12)19-17(21)11-20-9-8-13-10-14(18)6-7-16(13)20/h6-10,12,15H,2-5,11H2,1H3,(H,19,21)/t12-,15+/m1/s1. The SMILES string of the molecule is C[C@@H]1CCCC[C@@H]1NC(=O)Cn1ccc2cc(Br)ccc21. The fourth-order valence-electron chi connectivity index (χ4n) is 3.25. The maximum Gasteiger partial charge on any atom is 0.240 e. The Labute approximate surface area is 133 Å². The third kappa shape index (κ3) is 3.31. The number of aromatic nitrogens is 1. The molecule has 1 N–H and O–H groups in total. The first kappa shape index (κ1) is 14.6. The number of carbonyl (C=O) groups is 1. The number of benzene rings is 1. The molecule has 0 unspecified atom stereocenters. The number of nitrogens with one attached hydrogen (secondary N) is 1. The van der Waals surface area contributed by atoms with Gasteiger partial charge in [-0.1, -0.05) is 35.7 Å². The molecule has 0 aliphatic heterocycles. The molecule has 1 aliphatic carbocycles. The quantitative estimate of drug-likeness (QED) is 0.890. The molecule has 112 valence electrons. The Morgan fingerprint density at radius 1 is 1.33 bits per heavy atom. The van der Waals surface area contributed by atoms with Gasteiger partial charge in [-0.3, -0.25) is 4.79 Å². The zero-order chi connectivity index (χ0) is 14.8. The molecule has 4 heteroatoms. The van der Waals surface area contributed by atoms with Gasteiger partial charge >= 0.3 is 0 Å². The third-order valence-electron chi connectivity index (χ3n) is 4.50. The minimum Gasteiger partial charge on any atom is -0.352 e. The van der Waals surface area contributed by atoms with Gasteiger partial charge in [-0.15, -0.1) is 0 Å². The van der Waals surface area contributed by atoms with Crippen molar-refractivity contribution in [3.05, 3.63) is 34.9 Å². The maximum atomic E-state index is 12.3. The molecular formula is C17H21BrN2O. The van der Waals surface area contributed by atoms with Crippen molar-refractivity contribution in [2.75, 3.05) is 0 Å². The summed E-state index contributed by atoms with van der Waals surface area (Å²) in [5.74, 6) is 0.717. The number of rotatable bonds is 3. The average molecular weight is 349 g/mol. The molecule has 21 heavy (non-hydrogen) atoms. The van der Waals surface area contributed by atoms with Crippen LogP contribution in [0.15, 0.2) is 34.9 Å². The van der Waals surface area contributed by atoms with Crippen molar-refractivity contribution in [3.8, 4) is 0 Å².